The summed E-state index contributed by atoms with van der Waals surface area (Å²) in [6.07, 6.45) is 4.35. The maximum absolute atomic E-state index is 11.8. The zero-order chi connectivity index (χ0) is 17.8. The molecule has 1 saturated carbocycles. The number of nitrogens with zero attached hydrogens (tertiary/aromatic N) is 2. The third-order valence-corrected chi connectivity index (χ3v) is 5.13. The molecule has 2 atom stereocenters. The van der Waals surface area contributed by atoms with Gasteiger partial charge in [-0.05, 0) is 43.4 Å². The van der Waals surface area contributed by atoms with Crippen LogP contribution in [0.2, 0.25) is 0 Å². The Balaban J connectivity index is 1.83. The number of benzene rings is 1. The number of ether oxygens (including phenoxy) is 3. The topological polar surface area (TPSA) is 71.8 Å². The van der Waals surface area contributed by atoms with Gasteiger partial charge in [0.05, 0.1) is 32.3 Å². The number of carbonyl (C=O) groups is 1. The molecule has 0 N–H and O–H groups in total. The van der Waals surface area contributed by atoms with Crippen molar-refractivity contribution in [3.63, 3.8) is 0 Å². The number of nitriles is 1. The zero-order valence-corrected chi connectivity index (χ0v) is 14.7. The van der Waals surface area contributed by atoms with Crippen molar-refractivity contribution in [3.8, 4) is 17.6 Å². The fourth-order valence-electron chi connectivity index (χ4n) is 3.75. The van der Waals surface area contributed by atoms with Gasteiger partial charge in [0.15, 0.2) is 11.5 Å². The average Bonchev–Trinajstić information content (AvgIpc) is 3.30. The molecular weight excluding hydrogens is 320 g/mol. The molecule has 0 radical (unpaired) electrons. The molecule has 2 aliphatic rings. The summed E-state index contributed by atoms with van der Waals surface area (Å²) in [5.41, 5.74) is 0.992. The minimum absolute atomic E-state index is 0.0547. The van der Waals surface area contributed by atoms with Gasteiger partial charge in [-0.15, -0.1) is 0 Å². The van der Waals surface area contributed by atoms with Crippen molar-refractivity contribution in [3.05, 3.63) is 23.8 Å². The lowest BCUT2D eigenvalue weighted by molar-refractivity contribution is 0.132. The molecule has 25 heavy (non-hydrogen) atoms. The van der Waals surface area contributed by atoms with E-state index in [1.807, 2.05) is 18.2 Å². The molecule has 1 aliphatic carbocycles. The maximum atomic E-state index is 11.8. The number of hydrogen-bond acceptors (Lipinski definition) is 5. The quantitative estimate of drug-likeness (QED) is 0.838. The lowest BCUT2D eigenvalue weighted by atomic mass is 9.90. The van der Waals surface area contributed by atoms with Crippen molar-refractivity contribution < 1.29 is 19.0 Å². The molecule has 2 fully saturated rings. The molecule has 1 amide bonds. The van der Waals surface area contributed by atoms with Crippen LogP contribution < -0.4 is 9.47 Å². The van der Waals surface area contributed by atoms with Gasteiger partial charge in [-0.1, -0.05) is 6.07 Å². The second kappa shape index (κ2) is 7.64. The first-order valence-electron chi connectivity index (χ1n) is 8.73. The average molecular weight is 344 g/mol. The lowest BCUT2D eigenvalue weighted by Gasteiger charge is -2.19. The normalized spacial score (nSPS) is 23.3. The van der Waals surface area contributed by atoms with Gasteiger partial charge >= 0.3 is 6.09 Å². The number of amides is 1. The molecule has 1 aromatic rings. The Bertz CT molecular complexity index is 664. The summed E-state index contributed by atoms with van der Waals surface area (Å²) in [6, 6.07) is 8.12. The Morgan fingerprint density at radius 2 is 1.96 bits per heavy atom. The Morgan fingerprint density at radius 3 is 2.60 bits per heavy atom. The summed E-state index contributed by atoms with van der Waals surface area (Å²) in [5, 5.41) is 9.49. The minimum atomic E-state index is -0.390. The highest BCUT2D eigenvalue weighted by atomic mass is 16.5. The zero-order valence-electron chi connectivity index (χ0n) is 14.7. The van der Waals surface area contributed by atoms with Gasteiger partial charge in [0.2, 0.25) is 0 Å². The number of rotatable bonds is 4. The van der Waals surface area contributed by atoms with Gasteiger partial charge in [-0.3, -0.25) is 0 Å². The Labute approximate surface area is 148 Å². The SMILES string of the molecule is COC(=O)N1C[C@@H](C#N)[C@H](c2ccc(OC)c(OC3CCCC3)c2)C1. The molecule has 0 unspecified atom stereocenters. The summed E-state index contributed by atoms with van der Waals surface area (Å²) in [4.78, 5) is 13.4. The van der Waals surface area contributed by atoms with Gasteiger partial charge in [-0.2, -0.15) is 5.26 Å². The molecule has 1 saturated heterocycles. The van der Waals surface area contributed by atoms with Gasteiger partial charge in [0.1, 0.15) is 0 Å². The fourth-order valence-corrected chi connectivity index (χ4v) is 3.75. The number of hydrogen-bond donors (Lipinski definition) is 0. The van der Waals surface area contributed by atoms with Crippen LogP contribution in [0.3, 0.4) is 0 Å². The third-order valence-electron chi connectivity index (χ3n) is 5.13. The predicted octanol–water partition coefficient (Wildman–Crippen LogP) is 3.32. The van der Waals surface area contributed by atoms with E-state index in [1.165, 1.54) is 20.0 Å². The van der Waals surface area contributed by atoms with E-state index in [4.69, 9.17) is 14.2 Å². The van der Waals surface area contributed by atoms with E-state index in [0.29, 0.717) is 18.8 Å². The van der Waals surface area contributed by atoms with E-state index in [2.05, 4.69) is 6.07 Å². The van der Waals surface area contributed by atoms with Crippen LogP contribution in [0.15, 0.2) is 18.2 Å². The molecule has 6 heteroatoms. The van der Waals surface area contributed by atoms with Crippen molar-refractivity contribution in [1.29, 1.82) is 5.26 Å². The van der Waals surface area contributed by atoms with Crippen LogP contribution in [0.5, 0.6) is 11.5 Å². The highest BCUT2D eigenvalue weighted by Gasteiger charge is 2.37. The number of methoxy groups -OCH3 is 2. The summed E-state index contributed by atoms with van der Waals surface area (Å²) < 4.78 is 16.4. The minimum Gasteiger partial charge on any atom is -0.493 e. The van der Waals surface area contributed by atoms with E-state index < -0.39 is 6.09 Å². The van der Waals surface area contributed by atoms with E-state index >= 15 is 0 Å². The van der Waals surface area contributed by atoms with Crippen LogP contribution in [0.25, 0.3) is 0 Å². The summed E-state index contributed by atoms with van der Waals surface area (Å²) >= 11 is 0. The Kier molecular flexibility index (Phi) is 5.32. The highest BCUT2D eigenvalue weighted by Crippen LogP contribution is 2.38. The second-order valence-electron chi connectivity index (χ2n) is 6.65. The maximum Gasteiger partial charge on any atom is 0.409 e. The molecule has 0 spiro atoms. The standard InChI is InChI=1S/C19H24N2O4/c1-23-17-8-7-13(9-18(17)25-15-5-3-4-6-15)16-12-21(19(22)24-2)11-14(16)10-20/h7-9,14-16H,3-6,11-12H2,1-2H3/t14-,16+/m1/s1. The molecule has 3 rings (SSSR count). The smallest absolute Gasteiger partial charge is 0.409 e. The van der Waals surface area contributed by atoms with Gasteiger partial charge in [0.25, 0.3) is 0 Å². The van der Waals surface area contributed by atoms with Crippen LogP contribution in [0.4, 0.5) is 4.79 Å². The van der Waals surface area contributed by atoms with Crippen LogP contribution in [0.1, 0.15) is 37.2 Å². The van der Waals surface area contributed by atoms with E-state index in [-0.39, 0.29) is 17.9 Å². The third kappa shape index (κ3) is 3.65. The van der Waals surface area contributed by atoms with Gasteiger partial charge in [0, 0.05) is 19.0 Å². The monoisotopic (exact) mass is 344 g/mol. The highest BCUT2D eigenvalue weighted by molar-refractivity contribution is 5.68. The lowest BCUT2D eigenvalue weighted by Crippen LogP contribution is -2.28. The second-order valence-corrected chi connectivity index (χ2v) is 6.65. The van der Waals surface area contributed by atoms with E-state index in [1.54, 1.807) is 12.0 Å². The summed E-state index contributed by atoms with van der Waals surface area (Å²) in [5.74, 6) is 1.11. The molecule has 0 bridgehead atoms. The number of likely N-dealkylation sites (tertiary alicyclic amines) is 1. The summed E-state index contributed by atoms with van der Waals surface area (Å²) in [6.45, 7) is 0.860. The van der Waals surface area contributed by atoms with Gasteiger partial charge in [-0.25, -0.2) is 4.79 Å². The molecule has 1 heterocycles. The van der Waals surface area contributed by atoms with Crippen LogP contribution in [-0.4, -0.2) is 44.4 Å². The van der Waals surface area contributed by atoms with Gasteiger partial charge < -0.3 is 19.1 Å². The fraction of sp³-hybridized carbons (Fsp3) is 0.579. The molecule has 1 aromatic carbocycles. The van der Waals surface area contributed by atoms with E-state index in [0.717, 1.165) is 24.2 Å². The largest absolute Gasteiger partial charge is 0.493 e. The summed E-state index contributed by atoms with van der Waals surface area (Å²) in [7, 11) is 2.99. The number of carbonyl (C=O) groups excluding carboxylic acids is 1. The molecule has 134 valence electrons. The molecule has 0 aromatic heterocycles. The first-order chi connectivity index (χ1) is 12.2. The van der Waals surface area contributed by atoms with Crippen molar-refractivity contribution in [1.82, 2.24) is 4.90 Å². The van der Waals surface area contributed by atoms with Crippen LogP contribution in [-0.2, 0) is 4.74 Å². The molecular formula is C19H24N2O4. The predicted molar refractivity (Wildman–Crippen MR) is 91.7 cm³/mol. The van der Waals surface area contributed by atoms with Crippen molar-refractivity contribution in [2.45, 2.75) is 37.7 Å². The Hall–Kier alpha value is -2.42. The first kappa shape index (κ1) is 17.4. The molecule has 6 nitrogen and oxygen atoms in total. The van der Waals surface area contributed by atoms with E-state index in [9.17, 15) is 10.1 Å². The van der Waals surface area contributed by atoms with Crippen LogP contribution >= 0.6 is 0 Å². The molecule has 1 aliphatic heterocycles. The van der Waals surface area contributed by atoms with Crippen molar-refractivity contribution in [2.75, 3.05) is 27.3 Å². The van der Waals surface area contributed by atoms with Crippen molar-refractivity contribution >= 4 is 6.09 Å². The van der Waals surface area contributed by atoms with Crippen LogP contribution in [0, 0.1) is 17.2 Å². The Morgan fingerprint density at radius 1 is 1.20 bits per heavy atom. The first-order valence-corrected chi connectivity index (χ1v) is 8.73. The van der Waals surface area contributed by atoms with Crippen molar-refractivity contribution in [2.24, 2.45) is 5.92 Å².